The van der Waals surface area contributed by atoms with Gasteiger partial charge >= 0.3 is 0 Å². The van der Waals surface area contributed by atoms with Crippen LogP contribution in [-0.4, -0.2) is 126 Å². The average molecular weight is 1340 g/mol. The Morgan fingerprint density at radius 1 is 0.426 bits per heavy atom. The number of nitrogens with one attached hydrogen (secondary N) is 9. The number of fused-ring (bicyclic) bond motifs is 3. The van der Waals surface area contributed by atoms with Crippen molar-refractivity contribution in [2.24, 2.45) is 0 Å². The zero-order valence-electron chi connectivity index (χ0n) is 55.6. The number of benzene rings is 6. The molecule has 0 atom stereocenters. The number of hydrogen-bond acceptors (Lipinski definition) is 20. The van der Waals surface area contributed by atoms with Gasteiger partial charge in [0.25, 0.3) is 0 Å². The molecule has 3 fully saturated rings. The van der Waals surface area contributed by atoms with Crippen LogP contribution in [0.4, 0.5) is 69.0 Å². The third-order valence-corrected chi connectivity index (χ3v) is 17.0. The first-order valence-corrected chi connectivity index (χ1v) is 33.2. The summed E-state index contributed by atoms with van der Waals surface area (Å²) < 4.78 is 0. The molecule has 504 valence electrons. The van der Waals surface area contributed by atoms with Gasteiger partial charge in [0, 0.05) is 160 Å². The second kappa shape index (κ2) is 31.6. The van der Waals surface area contributed by atoms with Crippen molar-refractivity contribution in [2.75, 3.05) is 93.8 Å². The molecule has 3 aliphatic rings. The molecule has 9 N–H and O–H groups in total. The molecule has 0 saturated carbocycles. The highest BCUT2D eigenvalue weighted by Gasteiger charge is 2.23. The standard InChI is InChI=1S/C27H26N6O.C26H25N7O.C25H23N7O/c1-2-25(34)30-21-13-14-28-24(17-21)23-8-6-7-19-18-29-27(32-26(19)23)31-20-9-11-22(12-10-20)33-15-4-3-5-16-33;1-3-24(34)30-20-11-12-27-23(13-20)22-6-4-5-17-14-28-26(32-25(17)22)31-19-9-7-18(8-10-19)29-21-15-33(2)16-21;1-2-23(33)30-19-10-11-27-22(12-19)21-5-3-4-16-13-28-25(32-24(16)21)31-18-8-6-17(7-9-18)29-20-14-26-15-20/h2,6-14,17-18H,1,3-5,15-16H2,(H,28,30,34)(H,29,31,32);3-14,21,29H,1,15-16H2,2H3,(H,27,30,34)(H,28,31,32);2-13,20,26,29H,1,14-15H2,(H,27,30,33)(H,28,31,32). The Morgan fingerprint density at radius 3 is 1.13 bits per heavy atom. The van der Waals surface area contributed by atoms with E-state index in [1.807, 2.05) is 109 Å². The van der Waals surface area contributed by atoms with Crippen molar-refractivity contribution in [1.82, 2.24) is 55.1 Å². The van der Waals surface area contributed by atoms with Crippen LogP contribution in [0, 0.1) is 0 Å². The van der Waals surface area contributed by atoms with Crippen LogP contribution in [0.2, 0.25) is 0 Å². The lowest BCUT2D eigenvalue weighted by atomic mass is 10.1. The molecule has 3 amide bonds. The van der Waals surface area contributed by atoms with Gasteiger partial charge in [-0.05, 0) is 154 Å². The number of piperidine rings is 1. The number of carbonyl (C=O) groups is 3. The van der Waals surface area contributed by atoms with Crippen molar-refractivity contribution in [3.8, 4) is 33.8 Å². The molecule has 101 heavy (non-hydrogen) atoms. The first-order chi connectivity index (χ1) is 49.4. The van der Waals surface area contributed by atoms with Crippen LogP contribution in [-0.2, 0) is 14.4 Å². The molecule has 23 heteroatoms. The highest BCUT2D eigenvalue weighted by Crippen LogP contribution is 2.33. The number of nitrogens with zero attached hydrogens (tertiary/aromatic N) is 11. The molecule has 0 bridgehead atoms. The Balaban J connectivity index is 0.000000135. The summed E-state index contributed by atoms with van der Waals surface area (Å²) in [6.07, 6.45) is 17.9. The van der Waals surface area contributed by atoms with Gasteiger partial charge in [0.05, 0.1) is 45.7 Å². The van der Waals surface area contributed by atoms with E-state index in [2.05, 4.69) is 151 Å². The van der Waals surface area contributed by atoms with E-state index >= 15 is 0 Å². The SMILES string of the molecule is C=CC(=O)Nc1ccnc(-c2cccc3cnc(Nc4ccc(N5CCCCC5)cc4)nc23)c1.C=CC(=O)Nc1ccnc(-c2cccc3cnc(Nc4ccc(NC5CN(C)C5)cc4)nc23)c1.C=CC(=O)Nc1ccnc(-c2cccc3cnc(Nc4ccc(NC5CNC5)cc4)nc23)c1. The normalized spacial score (nSPS) is 13.5. The number of amides is 3. The van der Waals surface area contributed by atoms with Gasteiger partial charge < -0.3 is 57.7 Å². The highest BCUT2D eigenvalue weighted by molar-refractivity contribution is 6.02. The molecule has 15 rings (SSSR count). The quantitative estimate of drug-likeness (QED) is 0.0321. The molecule has 0 radical (unpaired) electrons. The lowest BCUT2D eigenvalue weighted by molar-refractivity contribution is -0.112. The van der Waals surface area contributed by atoms with Crippen molar-refractivity contribution < 1.29 is 14.4 Å². The number of para-hydroxylation sites is 3. The van der Waals surface area contributed by atoms with Crippen LogP contribution in [0.25, 0.3) is 66.5 Å². The molecule has 23 nitrogen and oxygen atoms in total. The average Bonchev–Trinajstić information content (AvgIpc) is 0.804. The molecule has 0 unspecified atom stereocenters. The second-order valence-corrected chi connectivity index (χ2v) is 24.4. The third kappa shape index (κ3) is 17.1. The molecular formula is C78H74N20O3. The summed E-state index contributed by atoms with van der Waals surface area (Å²) in [6.45, 7) is 16.8. The van der Waals surface area contributed by atoms with Gasteiger partial charge in [0.15, 0.2) is 0 Å². The number of aromatic nitrogens is 9. The van der Waals surface area contributed by atoms with Crippen LogP contribution >= 0.6 is 0 Å². The van der Waals surface area contributed by atoms with Gasteiger partial charge in [-0.1, -0.05) is 74.3 Å². The number of likely N-dealkylation sites (N-methyl/N-ethyl adjacent to an activating group) is 1. The van der Waals surface area contributed by atoms with E-state index in [1.54, 1.807) is 55.4 Å². The summed E-state index contributed by atoms with van der Waals surface area (Å²) in [6, 6.07) is 53.9. The fourth-order valence-electron chi connectivity index (χ4n) is 11.8. The monoisotopic (exact) mass is 1340 g/mol. The summed E-state index contributed by atoms with van der Waals surface area (Å²) in [5.74, 6) is 0.693. The Labute approximate surface area is 583 Å². The maximum absolute atomic E-state index is 11.7. The lowest BCUT2D eigenvalue weighted by Gasteiger charge is -2.37. The number of pyridine rings is 3. The molecule has 12 aromatic rings. The molecule has 3 aliphatic heterocycles. The van der Waals surface area contributed by atoms with E-state index in [0.717, 1.165) is 117 Å². The molecule has 9 heterocycles. The van der Waals surface area contributed by atoms with Crippen LogP contribution < -0.4 is 52.8 Å². The van der Waals surface area contributed by atoms with Crippen LogP contribution in [0.3, 0.4) is 0 Å². The summed E-state index contributed by atoms with van der Waals surface area (Å²) in [4.78, 5) is 81.0. The third-order valence-electron chi connectivity index (χ3n) is 17.0. The van der Waals surface area contributed by atoms with E-state index in [1.165, 1.54) is 43.2 Å². The summed E-state index contributed by atoms with van der Waals surface area (Å²) >= 11 is 0. The predicted molar refractivity (Wildman–Crippen MR) is 405 cm³/mol. The minimum Gasteiger partial charge on any atom is -0.380 e. The Hall–Kier alpha value is -12.9. The van der Waals surface area contributed by atoms with Gasteiger partial charge in [0.1, 0.15) is 0 Å². The van der Waals surface area contributed by atoms with Crippen molar-refractivity contribution in [3.63, 3.8) is 0 Å². The van der Waals surface area contributed by atoms with Gasteiger partial charge in [-0.2, -0.15) is 0 Å². The fourth-order valence-corrected chi connectivity index (χ4v) is 11.8. The zero-order chi connectivity index (χ0) is 69.4. The van der Waals surface area contributed by atoms with Crippen molar-refractivity contribution >= 4 is 119 Å². The Kier molecular flexibility index (Phi) is 20.9. The number of likely N-dealkylation sites (tertiary alicyclic amines) is 1. The molecular weight excluding hydrogens is 1260 g/mol. The van der Waals surface area contributed by atoms with E-state index in [-0.39, 0.29) is 17.7 Å². The van der Waals surface area contributed by atoms with E-state index in [0.29, 0.717) is 64.1 Å². The maximum Gasteiger partial charge on any atom is 0.247 e. The topological polar surface area (TPSA) is 282 Å². The number of anilines is 12. The smallest absolute Gasteiger partial charge is 0.247 e. The maximum atomic E-state index is 11.7. The highest BCUT2D eigenvalue weighted by atomic mass is 16.2. The largest absolute Gasteiger partial charge is 0.380 e. The minimum atomic E-state index is -0.274. The van der Waals surface area contributed by atoms with Gasteiger partial charge in [-0.15, -0.1) is 0 Å². The summed E-state index contributed by atoms with van der Waals surface area (Å²) in [5.41, 5.74) is 15.1. The number of carbonyl (C=O) groups excluding carboxylic acids is 3. The van der Waals surface area contributed by atoms with Crippen LogP contribution in [0.15, 0.2) is 239 Å². The number of hydrogen-bond donors (Lipinski definition) is 9. The Morgan fingerprint density at radius 2 is 0.782 bits per heavy atom. The number of rotatable bonds is 20. The Bertz CT molecular complexity index is 4980. The van der Waals surface area contributed by atoms with E-state index < -0.39 is 0 Å². The molecule has 6 aromatic carbocycles. The van der Waals surface area contributed by atoms with Crippen LogP contribution in [0.5, 0.6) is 0 Å². The molecule has 0 spiro atoms. The molecule has 0 aliphatic carbocycles. The molecule has 3 saturated heterocycles. The van der Waals surface area contributed by atoms with Gasteiger partial charge in [0.2, 0.25) is 35.6 Å². The minimum absolute atomic E-state index is 0.268. The van der Waals surface area contributed by atoms with Crippen molar-refractivity contribution in [2.45, 2.75) is 31.3 Å². The lowest BCUT2D eigenvalue weighted by Crippen LogP contribution is -2.52. The first kappa shape index (κ1) is 66.7. The fraction of sp³-hybridized carbons (Fsp3) is 0.154. The summed E-state index contributed by atoms with van der Waals surface area (Å²) in [5, 5.41) is 31.2. The second-order valence-electron chi connectivity index (χ2n) is 24.4. The van der Waals surface area contributed by atoms with Gasteiger partial charge in [-0.3, -0.25) is 29.3 Å². The van der Waals surface area contributed by atoms with Crippen molar-refractivity contribution in [1.29, 1.82) is 0 Å². The van der Waals surface area contributed by atoms with E-state index in [4.69, 9.17) is 15.0 Å². The van der Waals surface area contributed by atoms with Crippen molar-refractivity contribution in [3.05, 3.63) is 239 Å². The zero-order valence-corrected chi connectivity index (χ0v) is 55.6. The molecule has 6 aromatic heterocycles. The van der Waals surface area contributed by atoms with Gasteiger partial charge in [-0.25, -0.2) is 29.9 Å². The predicted octanol–water partition coefficient (Wildman–Crippen LogP) is 13.8. The van der Waals surface area contributed by atoms with E-state index in [9.17, 15) is 14.4 Å². The summed E-state index contributed by atoms with van der Waals surface area (Å²) in [7, 11) is 2.12. The first-order valence-electron chi connectivity index (χ1n) is 33.2. The van der Waals surface area contributed by atoms with Crippen LogP contribution in [0.1, 0.15) is 19.3 Å².